The van der Waals surface area contributed by atoms with Crippen LogP contribution in [-0.2, 0) is 39.6 Å². The molecule has 3 saturated heterocycles. The first-order chi connectivity index (χ1) is 34.6. The first-order valence-electron chi connectivity index (χ1n) is 24.0. The molecule has 3 aromatic carbocycles. The molecule has 4 aromatic rings. The van der Waals surface area contributed by atoms with E-state index in [1.807, 2.05) is 45.0 Å². The van der Waals surface area contributed by atoms with Crippen molar-refractivity contribution >= 4 is 97.1 Å². The molecule has 2 atom stereocenters. The second kappa shape index (κ2) is 21.8. The van der Waals surface area contributed by atoms with E-state index in [0.29, 0.717) is 68.0 Å². The highest BCUT2D eigenvalue weighted by Gasteiger charge is 2.46. The summed E-state index contributed by atoms with van der Waals surface area (Å²) in [6.45, 7) is 6.43. The van der Waals surface area contributed by atoms with E-state index in [0.717, 1.165) is 16.2 Å². The number of hydrogen-bond acceptors (Lipinski definition) is 14. The largest absolute Gasteiger partial charge is 0.479 e. The van der Waals surface area contributed by atoms with Crippen LogP contribution in [-0.4, -0.2) is 122 Å². The molecule has 0 spiro atoms. The van der Waals surface area contributed by atoms with Gasteiger partial charge in [-0.15, -0.1) is 11.3 Å². The SMILES string of the molecule is CC(C)(C)CC(=O)c1sc(-c2cccc(NC3CCN(S(=N)(=O)Cc4cccc(NC(=O)C5CCN(C(=O)CNc6cccc7c6C(=O)N(C6CCC(=O)NC6=O)C7=O)CC5)c4)CC3)c2)c(Cl)c1OCC(=O)O. The smallest absolute Gasteiger partial charge is 0.341 e. The fourth-order valence-electron chi connectivity index (χ4n) is 9.51. The molecule has 0 aliphatic carbocycles. The molecule has 3 fully saturated rings. The minimum Gasteiger partial charge on any atom is -0.479 e. The molecule has 6 amide bonds. The zero-order valence-corrected chi connectivity index (χ0v) is 42.9. The van der Waals surface area contributed by atoms with Crippen LogP contribution >= 0.6 is 22.9 Å². The number of likely N-dealkylation sites (tertiary alicyclic amines) is 1. The average Bonchev–Trinajstić information content (AvgIpc) is 3.81. The van der Waals surface area contributed by atoms with Crippen LogP contribution in [0.2, 0.25) is 5.02 Å². The van der Waals surface area contributed by atoms with Crippen LogP contribution < -0.4 is 26.0 Å². The molecule has 386 valence electrons. The number of carbonyl (C=O) groups excluding carboxylic acids is 7. The topological polar surface area (TPSA) is 265 Å². The minimum absolute atomic E-state index is 0.00484. The maximum absolute atomic E-state index is 13.9. The lowest BCUT2D eigenvalue weighted by Crippen LogP contribution is -2.54. The van der Waals surface area contributed by atoms with Gasteiger partial charge in [0, 0.05) is 68.0 Å². The van der Waals surface area contributed by atoms with E-state index in [1.165, 1.54) is 17.4 Å². The van der Waals surface area contributed by atoms with Gasteiger partial charge >= 0.3 is 5.97 Å². The lowest BCUT2D eigenvalue weighted by molar-refractivity contribution is -0.139. The summed E-state index contributed by atoms with van der Waals surface area (Å²) in [5, 5.41) is 21.1. The van der Waals surface area contributed by atoms with Crippen molar-refractivity contribution in [3.05, 3.63) is 93.3 Å². The number of halogens is 1. The molecule has 19 nitrogen and oxygen atoms in total. The molecule has 6 N–H and O–H groups in total. The minimum atomic E-state index is -3.23. The maximum Gasteiger partial charge on any atom is 0.341 e. The van der Waals surface area contributed by atoms with Crippen molar-refractivity contribution in [2.24, 2.45) is 11.3 Å². The summed E-state index contributed by atoms with van der Waals surface area (Å²) in [4.78, 5) is 106. The monoisotopic (exact) mass is 1060 g/mol. The van der Waals surface area contributed by atoms with Crippen LogP contribution in [0.1, 0.15) is 102 Å². The van der Waals surface area contributed by atoms with Gasteiger partial charge in [-0.25, -0.2) is 18.1 Å². The Morgan fingerprint density at radius 1 is 0.904 bits per heavy atom. The Labute approximate surface area is 431 Å². The van der Waals surface area contributed by atoms with Gasteiger partial charge in [-0.05, 0) is 85.0 Å². The number of piperidine rings is 3. The second-order valence-electron chi connectivity index (χ2n) is 19.8. The van der Waals surface area contributed by atoms with Crippen LogP contribution in [0, 0.1) is 16.1 Å². The standard InChI is InChI=1S/C51H57ClN8O11S2/c1-51(2,3)25-38(61)46-44(71-27-41(64)65)43(52)45(72-46)31-8-5-10-34(24-31)55-32-17-21-59(22-18-32)73(53,70)28-29-7-4-9-33(23-29)56-47(66)30-15-19-58(20-16-30)40(63)26-54-36-12-6-11-35-42(36)50(69)60(49(35)68)37-13-14-39(62)57-48(37)67/h4-12,23-24,30,32,37,53-55H,13-22,25-28H2,1-3H3,(H,56,66)(H,64,65)(H,57,62,67). The number of carboxylic acid groups (broad SMARTS) is 1. The highest BCUT2D eigenvalue weighted by molar-refractivity contribution is 7.89. The fourth-order valence-corrected chi connectivity index (χ4v) is 12.6. The number of thiophene rings is 1. The zero-order chi connectivity index (χ0) is 52.4. The predicted octanol–water partition coefficient (Wildman–Crippen LogP) is 6.88. The van der Waals surface area contributed by atoms with E-state index in [-0.39, 0.29) is 99.0 Å². The number of amides is 6. The number of fused-ring (bicyclic) bond motifs is 1. The third-order valence-corrected chi connectivity index (χ3v) is 16.8. The van der Waals surface area contributed by atoms with Gasteiger partial charge in [0.2, 0.25) is 23.6 Å². The van der Waals surface area contributed by atoms with Gasteiger partial charge in [0.25, 0.3) is 11.8 Å². The molecule has 0 bridgehead atoms. The predicted molar refractivity (Wildman–Crippen MR) is 275 cm³/mol. The van der Waals surface area contributed by atoms with Crippen molar-refractivity contribution in [3.63, 3.8) is 0 Å². The van der Waals surface area contributed by atoms with Crippen molar-refractivity contribution in [2.75, 3.05) is 55.3 Å². The quantitative estimate of drug-likeness (QED) is 0.0466. The molecule has 0 radical (unpaired) electrons. The summed E-state index contributed by atoms with van der Waals surface area (Å²) in [7, 11) is -3.23. The van der Waals surface area contributed by atoms with Crippen molar-refractivity contribution in [1.29, 1.82) is 4.78 Å². The number of hydrogen-bond donors (Lipinski definition) is 6. The normalized spacial score (nSPS) is 18.7. The summed E-state index contributed by atoms with van der Waals surface area (Å²) >= 11 is 7.94. The van der Waals surface area contributed by atoms with Crippen LogP contribution in [0.5, 0.6) is 5.75 Å². The Kier molecular flexibility index (Phi) is 15.7. The van der Waals surface area contributed by atoms with Gasteiger partial charge in [0.05, 0.1) is 28.3 Å². The number of benzene rings is 3. The molecule has 4 aliphatic rings. The first kappa shape index (κ1) is 52.6. The molecule has 73 heavy (non-hydrogen) atoms. The van der Waals surface area contributed by atoms with E-state index in [1.54, 1.807) is 45.6 Å². The number of ketones is 1. The maximum atomic E-state index is 13.9. The van der Waals surface area contributed by atoms with Gasteiger partial charge in [-0.3, -0.25) is 43.8 Å². The Hall–Kier alpha value is -6.68. The molecule has 8 rings (SSSR count). The molecule has 1 aromatic heterocycles. The lowest BCUT2D eigenvalue weighted by atomic mass is 9.89. The Morgan fingerprint density at radius 3 is 2.30 bits per heavy atom. The summed E-state index contributed by atoms with van der Waals surface area (Å²) in [5.74, 6) is -4.74. The van der Waals surface area contributed by atoms with E-state index in [9.17, 15) is 47.7 Å². The van der Waals surface area contributed by atoms with Crippen molar-refractivity contribution in [1.82, 2.24) is 19.4 Å². The van der Waals surface area contributed by atoms with Crippen LogP contribution in [0.15, 0.2) is 66.7 Å². The molecular weight excluding hydrogens is 1000 g/mol. The number of imide groups is 2. The summed E-state index contributed by atoms with van der Waals surface area (Å²) in [6, 6.07) is 18.0. The number of carbonyl (C=O) groups is 8. The van der Waals surface area contributed by atoms with Gasteiger partial charge in [0.1, 0.15) is 25.9 Å². The number of nitrogens with zero attached hydrogens (tertiary/aromatic N) is 3. The van der Waals surface area contributed by atoms with Crippen molar-refractivity contribution in [3.8, 4) is 16.2 Å². The number of ether oxygens (including phenoxy) is 1. The van der Waals surface area contributed by atoms with Gasteiger partial charge in [0.15, 0.2) is 18.1 Å². The first-order valence-corrected chi connectivity index (χ1v) is 26.9. The third kappa shape index (κ3) is 12.2. The highest BCUT2D eigenvalue weighted by Crippen LogP contribution is 2.47. The van der Waals surface area contributed by atoms with Crippen LogP contribution in [0.25, 0.3) is 10.4 Å². The van der Waals surface area contributed by atoms with E-state index in [2.05, 4.69) is 21.3 Å². The van der Waals surface area contributed by atoms with Gasteiger partial charge in [-0.1, -0.05) is 62.7 Å². The fraction of sp³-hybridized carbons (Fsp3) is 0.412. The number of aliphatic carboxylic acids is 1. The van der Waals surface area contributed by atoms with Crippen LogP contribution in [0.4, 0.5) is 17.1 Å². The third-order valence-electron chi connectivity index (χ3n) is 13.1. The molecule has 2 unspecified atom stereocenters. The Balaban J connectivity index is 0.799. The Morgan fingerprint density at radius 2 is 1.60 bits per heavy atom. The van der Waals surface area contributed by atoms with E-state index in [4.69, 9.17) is 21.1 Å². The summed E-state index contributed by atoms with van der Waals surface area (Å²) in [6.07, 6.45) is 2.26. The number of carboxylic acids is 1. The van der Waals surface area contributed by atoms with E-state index < -0.39 is 52.2 Å². The summed E-state index contributed by atoms with van der Waals surface area (Å²) < 4.78 is 30.1. The van der Waals surface area contributed by atoms with E-state index >= 15 is 0 Å². The summed E-state index contributed by atoms with van der Waals surface area (Å²) in [5.41, 5.74) is 2.76. The molecule has 22 heteroatoms. The number of rotatable bonds is 17. The lowest BCUT2D eigenvalue weighted by Gasteiger charge is -2.33. The number of Topliss-reactive ketones (excluding diaryl/α,β-unsaturated/α-hetero) is 1. The van der Waals surface area contributed by atoms with Crippen molar-refractivity contribution in [2.45, 2.75) is 83.6 Å². The molecule has 5 heterocycles. The molecule has 4 aliphatic heterocycles. The Bertz CT molecular complexity index is 2990. The molecule has 0 saturated carbocycles. The van der Waals surface area contributed by atoms with Gasteiger partial charge in [-0.2, -0.15) is 0 Å². The number of anilines is 3. The molecular formula is C51H57ClN8O11S2. The zero-order valence-electron chi connectivity index (χ0n) is 40.5. The number of nitrogens with one attached hydrogen (secondary N) is 5. The van der Waals surface area contributed by atoms with Crippen LogP contribution in [0.3, 0.4) is 0 Å². The highest BCUT2D eigenvalue weighted by atomic mass is 35.5. The van der Waals surface area contributed by atoms with Crippen molar-refractivity contribution < 1.29 is 52.4 Å². The second-order valence-corrected chi connectivity index (χ2v) is 23.3. The average molecular weight is 1060 g/mol. The van der Waals surface area contributed by atoms with Gasteiger partial charge < -0.3 is 30.7 Å².